The molecule has 0 aliphatic heterocycles. The quantitative estimate of drug-likeness (QED) is 0.218. The smallest absolute Gasteiger partial charge is 0.394 e. The summed E-state index contributed by atoms with van der Waals surface area (Å²) in [5, 5.41) is 45.0. The second kappa shape index (κ2) is 7.64. The van der Waals surface area contributed by atoms with Gasteiger partial charge in [0, 0.05) is 4.57 Å². The zero-order chi connectivity index (χ0) is 12.7. The summed E-state index contributed by atoms with van der Waals surface area (Å²) in [5.74, 6) is 0. The average molecular weight is 257 g/mol. The molecule has 0 aromatic rings. The molecule has 0 bridgehead atoms. The molecule has 94 valence electrons. The van der Waals surface area contributed by atoms with Crippen molar-refractivity contribution in [2.75, 3.05) is 6.61 Å². The number of hydrogen-bond acceptors (Lipinski definition) is 7. The summed E-state index contributed by atoms with van der Waals surface area (Å²) in [5.41, 5.74) is 0. The normalized spacial score (nSPS) is 20.2. The first kappa shape index (κ1) is 15.4. The van der Waals surface area contributed by atoms with Gasteiger partial charge in [0.25, 0.3) is 0 Å². The van der Waals surface area contributed by atoms with Crippen LogP contribution in [0.3, 0.4) is 0 Å². The second-order valence-corrected chi connectivity index (χ2v) is 3.58. The van der Waals surface area contributed by atoms with E-state index in [0.717, 1.165) is 6.08 Å². The second-order valence-electron chi connectivity index (χ2n) is 2.89. The molecule has 16 heavy (non-hydrogen) atoms. The number of rotatable bonds is 7. The highest BCUT2D eigenvalue weighted by Crippen LogP contribution is 2.15. The van der Waals surface area contributed by atoms with Crippen molar-refractivity contribution < 1.29 is 39.5 Å². The summed E-state index contributed by atoms with van der Waals surface area (Å²) < 4.78 is 14.1. The maximum absolute atomic E-state index is 10.0. The van der Waals surface area contributed by atoms with E-state index in [1.165, 1.54) is 0 Å². The van der Waals surface area contributed by atoms with E-state index in [2.05, 4.69) is 4.52 Å². The molecule has 0 aromatic heterocycles. The summed E-state index contributed by atoms with van der Waals surface area (Å²) in [6.45, 7) is -0.784. The van der Waals surface area contributed by atoms with Crippen molar-refractivity contribution >= 4 is 8.25 Å². The van der Waals surface area contributed by atoms with Gasteiger partial charge in [-0.3, -0.25) is 0 Å². The van der Waals surface area contributed by atoms with E-state index in [-0.39, 0.29) is 0 Å². The van der Waals surface area contributed by atoms with E-state index in [0.29, 0.717) is 6.26 Å². The van der Waals surface area contributed by atoms with Gasteiger partial charge < -0.3 is 25.5 Å². The van der Waals surface area contributed by atoms with E-state index < -0.39 is 39.3 Å². The van der Waals surface area contributed by atoms with Crippen LogP contribution in [0.5, 0.6) is 0 Å². The number of aliphatic hydroxyl groups excluding tert-OH is 5. The average Bonchev–Trinajstić information content (AvgIpc) is 2.25. The standard InChI is InChI=1S/C7H13O8P/c8-3-5(10)7(12)6(11)4(9)1-2-15-16(13)14/h1-2,4-12H,3H2/p+1/b2-1+/t4-,5+,6-,7-/m1/s1. The minimum Gasteiger partial charge on any atom is -0.394 e. The Morgan fingerprint density at radius 3 is 2.19 bits per heavy atom. The molecule has 0 amide bonds. The van der Waals surface area contributed by atoms with E-state index >= 15 is 0 Å². The van der Waals surface area contributed by atoms with Gasteiger partial charge in [-0.1, -0.05) is 0 Å². The minimum atomic E-state index is -2.86. The molecule has 0 aliphatic carbocycles. The predicted octanol–water partition coefficient (Wildman–Crippen LogP) is -2.40. The van der Waals surface area contributed by atoms with Crippen molar-refractivity contribution in [2.45, 2.75) is 24.4 Å². The molecule has 0 fully saturated rings. The molecular formula is C7H14O8P+. The lowest BCUT2D eigenvalue weighted by molar-refractivity contribution is -0.105. The lowest BCUT2D eigenvalue weighted by atomic mass is 10.0. The molecule has 0 heterocycles. The fourth-order valence-corrected chi connectivity index (χ4v) is 0.994. The first-order valence-electron chi connectivity index (χ1n) is 4.22. The summed E-state index contributed by atoms with van der Waals surface area (Å²) in [6, 6.07) is 0. The van der Waals surface area contributed by atoms with Gasteiger partial charge in [0.1, 0.15) is 24.4 Å². The highest BCUT2D eigenvalue weighted by Gasteiger charge is 2.28. The molecule has 0 rings (SSSR count). The molecule has 0 aliphatic rings. The zero-order valence-corrected chi connectivity index (χ0v) is 9.01. The predicted molar refractivity (Wildman–Crippen MR) is 51.2 cm³/mol. The lowest BCUT2D eigenvalue weighted by Crippen LogP contribution is -2.45. The van der Waals surface area contributed by atoms with Crippen LogP contribution in [-0.2, 0) is 9.09 Å². The van der Waals surface area contributed by atoms with E-state index in [1.807, 2.05) is 0 Å². The highest BCUT2D eigenvalue weighted by atomic mass is 31.1. The summed E-state index contributed by atoms with van der Waals surface area (Å²) in [6.07, 6.45) is -5.27. The van der Waals surface area contributed by atoms with Crippen LogP contribution in [0.25, 0.3) is 0 Å². The van der Waals surface area contributed by atoms with Crippen molar-refractivity contribution in [3.63, 3.8) is 0 Å². The molecule has 0 radical (unpaired) electrons. The minimum absolute atomic E-state index is 0.671. The van der Waals surface area contributed by atoms with Crippen LogP contribution in [0.1, 0.15) is 0 Å². The third-order valence-corrected chi connectivity index (χ3v) is 2.01. The van der Waals surface area contributed by atoms with Crippen molar-refractivity contribution in [3.8, 4) is 0 Å². The molecule has 0 saturated heterocycles. The van der Waals surface area contributed by atoms with Gasteiger partial charge in [0.05, 0.1) is 6.61 Å². The van der Waals surface area contributed by atoms with Crippen LogP contribution in [0, 0.1) is 0 Å². The van der Waals surface area contributed by atoms with Gasteiger partial charge >= 0.3 is 8.25 Å². The lowest BCUT2D eigenvalue weighted by Gasteiger charge is -2.23. The Hall–Kier alpha value is -0.600. The van der Waals surface area contributed by atoms with Crippen LogP contribution in [0.2, 0.25) is 0 Å². The Morgan fingerprint density at radius 2 is 1.75 bits per heavy atom. The Labute approximate surface area is 92.0 Å². The molecule has 8 nitrogen and oxygen atoms in total. The Bertz CT molecular complexity index is 245. The molecular weight excluding hydrogens is 243 g/mol. The Kier molecular flexibility index (Phi) is 7.35. The van der Waals surface area contributed by atoms with Gasteiger partial charge in [-0.2, -0.15) is 0 Å². The zero-order valence-electron chi connectivity index (χ0n) is 8.12. The van der Waals surface area contributed by atoms with E-state index in [9.17, 15) is 14.8 Å². The monoisotopic (exact) mass is 257 g/mol. The third-order valence-electron chi connectivity index (χ3n) is 1.71. The van der Waals surface area contributed by atoms with Crippen molar-refractivity contribution in [3.05, 3.63) is 12.3 Å². The van der Waals surface area contributed by atoms with E-state index in [4.69, 9.17) is 20.2 Å². The SMILES string of the molecule is O=[P+](O)O/C=C/[C@@H](O)[C@@H](O)[C@H](O)[C@@H](O)CO. The van der Waals surface area contributed by atoms with Gasteiger partial charge in [-0.15, -0.1) is 4.89 Å². The fraction of sp³-hybridized carbons (Fsp3) is 0.714. The molecule has 9 heteroatoms. The van der Waals surface area contributed by atoms with Crippen LogP contribution in [-0.4, -0.2) is 61.4 Å². The topological polar surface area (TPSA) is 148 Å². The Morgan fingerprint density at radius 1 is 1.19 bits per heavy atom. The van der Waals surface area contributed by atoms with Gasteiger partial charge in [0.15, 0.2) is 6.26 Å². The molecule has 0 saturated carbocycles. The highest BCUT2D eigenvalue weighted by molar-refractivity contribution is 7.32. The van der Waals surface area contributed by atoms with Crippen LogP contribution in [0.4, 0.5) is 0 Å². The maximum atomic E-state index is 10.0. The first-order valence-corrected chi connectivity index (χ1v) is 5.36. The summed E-state index contributed by atoms with van der Waals surface area (Å²) in [7, 11) is -2.86. The maximum Gasteiger partial charge on any atom is 0.746 e. The molecule has 6 N–H and O–H groups in total. The van der Waals surface area contributed by atoms with E-state index in [1.54, 1.807) is 0 Å². The molecule has 5 atom stereocenters. The molecule has 1 unspecified atom stereocenters. The van der Waals surface area contributed by atoms with Crippen molar-refractivity contribution in [2.24, 2.45) is 0 Å². The molecule has 0 aromatic carbocycles. The van der Waals surface area contributed by atoms with Gasteiger partial charge in [-0.05, 0) is 6.08 Å². The molecule has 0 spiro atoms. The number of hydrogen-bond donors (Lipinski definition) is 6. The summed E-state index contributed by atoms with van der Waals surface area (Å²) >= 11 is 0. The van der Waals surface area contributed by atoms with Gasteiger partial charge in [-0.25, -0.2) is 4.52 Å². The van der Waals surface area contributed by atoms with Crippen molar-refractivity contribution in [1.82, 2.24) is 0 Å². The third kappa shape index (κ3) is 5.47. The first-order chi connectivity index (χ1) is 7.40. The number of aliphatic hydroxyl groups is 5. The van der Waals surface area contributed by atoms with Crippen molar-refractivity contribution in [1.29, 1.82) is 0 Å². The van der Waals surface area contributed by atoms with Gasteiger partial charge in [0.2, 0.25) is 0 Å². The van der Waals surface area contributed by atoms with Crippen LogP contribution < -0.4 is 0 Å². The van der Waals surface area contributed by atoms with Crippen LogP contribution >= 0.6 is 8.25 Å². The van der Waals surface area contributed by atoms with Crippen LogP contribution in [0.15, 0.2) is 12.3 Å². The fourth-order valence-electron chi connectivity index (χ4n) is 0.819. The largest absolute Gasteiger partial charge is 0.746 e. The summed E-state index contributed by atoms with van der Waals surface area (Å²) in [4.78, 5) is 8.21. The Balaban J connectivity index is 4.21.